The van der Waals surface area contributed by atoms with Crippen LogP contribution in [-0.4, -0.2) is 9.78 Å². The van der Waals surface area contributed by atoms with Crippen LogP contribution in [0, 0.1) is 0 Å². The molecule has 1 aromatic carbocycles. The maximum Gasteiger partial charge on any atom is 0.435 e. The number of rotatable bonds is 1. The molecule has 0 unspecified atom stereocenters. The van der Waals surface area contributed by atoms with E-state index in [9.17, 15) is 26.3 Å². The number of benzene rings is 1. The first-order chi connectivity index (χ1) is 9.09. The van der Waals surface area contributed by atoms with E-state index >= 15 is 0 Å². The van der Waals surface area contributed by atoms with Gasteiger partial charge in [-0.05, 0) is 24.3 Å². The lowest BCUT2D eigenvalue weighted by Gasteiger charge is -2.08. The summed E-state index contributed by atoms with van der Waals surface area (Å²) in [5.41, 5.74) is 3.25. The molecule has 0 radical (unpaired) electrons. The lowest BCUT2D eigenvalue weighted by Crippen LogP contribution is -2.08. The minimum Gasteiger partial charge on any atom is -0.384 e. The van der Waals surface area contributed by atoms with E-state index in [0.717, 1.165) is 28.9 Å². The Morgan fingerprint density at radius 3 is 1.85 bits per heavy atom. The first kappa shape index (κ1) is 14.2. The molecule has 3 nitrogen and oxygen atoms in total. The van der Waals surface area contributed by atoms with E-state index in [1.165, 1.54) is 0 Å². The van der Waals surface area contributed by atoms with Crippen molar-refractivity contribution in [1.82, 2.24) is 9.78 Å². The molecular weight excluding hydrogens is 288 g/mol. The largest absolute Gasteiger partial charge is 0.435 e. The fourth-order valence-corrected chi connectivity index (χ4v) is 1.53. The van der Waals surface area contributed by atoms with Crippen molar-refractivity contribution in [2.75, 3.05) is 5.73 Å². The van der Waals surface area contributed by atoms with E-state index in [-0.39, 0.29) is 11.5 Å². The third kappa shape index (κ3) is 2.70. The number of nitrogens with two attached hydrogens (primary N) is 1. The zero-order valence-corrected chi connectivity index (χ0v) is 9.63. The van der Waals surface area contributed by atoms with Gasteiger partial charge in [-0.15, -0.1) is 0 Å². The number of hydrogen-bond donors (Lipinski definition) is 1. The number of hydrogen-bond acceptors (Lipinski definition) is 2. The molecule has 0 saturated carbocycles. The van der Waals surface area contributed by atoms with Crippen molar-refractivity contribution in [1.29, 1.82) is 0 Å². The van der Waals surface area contributed by atoms with Crippen molar-refractivity contribution < 1.29 is 26.3 Å². The summed E-state index contributed by atoms with van der Waals surface area (Å²) in [5, 5.41) is 3.23. The van der Waals surface area contributed by atoms with Crippen LogP contribution in [0.1, 0.15) is 11.3 Å². The molecule has 0 atom stereocenters. The van der Waals surface area contributed by atoms with Crippen molar-refractivity contribution >= 4 is 5.82 Å². The summed E-state index contributed by atoms with van der Waals surface area (Å²) in [6, 6.07) is 4.07. The Morgan fingerprint density at radius 2 is 1.45 bits per heavy atom. The Hall–Kier alpha value is -2.19. The van der Waals surface area contributed by atoms with Gasteiger partial charge in [0.1, 0.15) is 5.82 Å². The highest BCUT2D eigenvalue weighted by Crippen LogP contribution is 2.32. The molecule has 0 aliphatic heterocycles. The van der Waals surface area contributed by atoms with Crippen LogP contribution in [0.25, 0.3) is 5.69 Å². The molecule has 108 valence electrons. The Balaban J connectivity index is 2.40. The molecule has 2 aromatic rings. The fourth-order valence-electron chi connectivity index (χ4n) is 1.53. The average Bonchev–Trinajstić information content (AvgIpc) is 2.70. The van der Waals surface area contributed by atoms with E-state index in [4.69, 9.17) is 5.73 Å². The number of alkyl halides is 6. The topological polar surface area (TPSA) is 43.8 Å². The van der Waals surface area contributed by atoms with Crippen LogP contribution in [0.15, 0.2) is 30.3 Å². The minimum atomic E-state index is -4.68. The molecule has 0 fully saturated rings. The maximum absolute atomic E-state index is 12.4. The summed E-state index contributed by atoms with van der Waals surface area (Å²) in [7, 11) is 0. The average molecular weight is 295 g/mol. The molecule has 1 heterocycles. The normalized spacial score (nSPS) is 12.7. The minimum absolute atomic E-state index is 0.00556. The highest BCUT2D eigenvalue weighted by Gasteiger charge is 2.35. The summed E-state index contributed by atoms with van der Waals surface area (Å²) in [6.07, 6.45) is -9.20. The van der Waals surface area contributed by atoms with Crippen molar-refractivity contribution in [2.45, 2.75) is 12.4 Å². The number of nitrogens with zero attached hydrogens (tertiary/aromatic N) is 2. The van der Waals surface area contributed by atoms with Crippen LogP contribution >= 0.6 is 0 Å². The first-order valence-corrected chi connectivity index (χ1v) is 5.19. The summed E-state index contributed by atoms with van der Waals surface area (Å²) in [5.74, 6) is -0.322. The predicted octanol–water partition coefficient (Wildman–Crippen LogP) is 3.49. The highest BCUT2D eigenvalue weighted by molar-refractivity contribution is 5.44. The maximum atomic E-state index is 12.4. The van der Waals surface area contributed by atoms with Gasteiger partial charge in [0.05, 0.1) is 11.3 Å². The summed E-state index contributed by atoms with van der Waals surface area (Å²) >= 11 is 0. The van der Waals surface area contributed by atoms with Gasteiger partial charge in [-0.25, -0.2) is 4.68 Å². The van der Waals surface area contributed by atoms with Crippen molar-refractivity contribution in [3.8, 4) is 5.69 Å². The first-order valence-electron chi connectivity index (χ1n) is 5.19. The van der Waals surface area contributed by atoms with E-state index in [1.807, 2.05) is 0 Å². The van der Waals surface area contributed by atoms with Crippen molar-refractivity contribution in [3.05, 3.63) is 41.6 Å². The lowest BCUT2D eigenvalue weighted by molar-refractivity contribution is -0.141. The van der Waals surface area contributed by atoms with Crippen LogP contribution in [0.3, 0.4) is 0 Å². The fraction of sp³-hybridized carbons (Fsp3) is 0.182. The van der Waals surface area contributed by atoms with E-state index in [2.05, 4.69) is 5.10 Å². The molecule has 0 saturated heterocycles. The molecule has 9 heteroatoms. The molecule has 0 aliphatic rings. The Morgan fingerprint density at radius 1 is 0.900 bits per heavy atom. The van der Waals surface area contributed by atoms with Crippen LogP contribution in [0.4, 0.5) is 32.2 Å². The molecule has 0 amide bonds. The van der Waals surface area contributed by atoms with Gasteiger partial charge in [-0.3, -0.25) is 0 Å². The number of halogens is 6. The van der Waals surface area contributed by atoms with E-state index in [0.29, 0.717) is 6.07 Å². The van der Waals surface area contributed by atoms with Gasteiger partial charge in [0.25, 0.3) is 0 Å². The highest BCUT2D eigenvalue weighted by atomic mass is 19.4. The molecule has 0 aliphatic carbocycles. The molecule has 2 N–H and O–H groups in total. The monoisotopic (exact) mass is 295 g/mol. The van der Waals surface area contributed by atoms with Crippen molar-refractivity contribution in [2.24, 2.45) is 0 Å². The van der Waals surface area contributed by atoms with Gasteiger partial charge in [0, 0.05) is 6.07 Å². The molecular formula is C11H7F6N3. The second kappa shape index (κ2) is 4.43. The summed E-state index contributed by atoms with van der Waals surface area (Å²) < 4.78 is 75.1. The summed E-state index contributed by atoms with van der Waals surface area (Å²) in [4.78, 5) is 0. The SMILES string of the molecule is Nc1cc(C(F)(F)F)nn1-c1ccc(C(F)(F)F)cc1. The quantitative estimate of drug-likeness (QED) is 0.818. The lowest BCUT2D eigenvalue weighted by atomic mass is 10.2. The number of anilines is 1. The van der Waals surface area contributed by atoms with E-state index in [1.54, 1.807) is 0 Å². The van der Waals surface area contributed by atoms with Crippen molar-refractivity contribution in [3.63, 3.8) is 0 Å². The molecule has 0 spiro atoms. The molecule has 2 rings (SSSR count). The van der Waals surface area contributed by atoms with Gasteiger partial charge in [-0.1, -0.05) is 0 Å². The Labute approximate surface area is 108 Å². The standard InChI is InChI=1S/C11H7F6N3/c12-10(13,14)6-1-3-7(4-2-6)20-9(18)5-8(19-20)11(15,16)17/h1-5H,18H2. The van der Waals surface area contributed by atoms with Crippen LogP contribution in [0.2, 0.25) is 0 Å². The van der Waals surface area contributed by atoms with Gasteiger partial charge in [0.2, 0.25) is 0 Å². The number of nitrogen functional groups attached to an aromatic ring is 1. The molecule has 20 heavy (non-hydrogen) atoms. The van der Waals surface area contributed by atoms with Gasteiger partial charge >= 0.3 is 12.4 Å². The van der Waals surface area contributed by atoms with Crippen LogP contribution in [0.5, 0.6) is 0 Å². The number of aromatic nitrogens is 2. The zero-order valence-electron chi connectivity index (χ0n) is 9.63. The Bertz CT molecular complexity index is 609. The van der Waals surface area contributed by atoms with Gasteiger partial charge < -0.3 is 5.73 Å². The smallest absolute Gasteiger partial charge is 0.384 e. The zero-order chi connectivity index (χ0) is 15.1. The van der Waals surface area contributed by atoms with Gasteiger partial charge in [-0.2, -0.15) is 31.4 Å². The van der Waals surface area contributed by atoms with Crippen LogP contribution in [-0.2, 0) is 12.4 Å². The third-order valence-corrected chi connectivity index (χ3v) is 2.47. The molecule has 1 aromatic heterocycles. The summed E-state index contributed by atoms with van der Waals surface area (Å²) in [6.45, 7) is 0. The predicted molar refractivity (Wildman–Crippen MR) is 58.0 cm³/mol. The third-order valence-electron chi connectivity index (χ3n) is 2.47. The van der Waals surface area contributed by atoms with Gasteiger partial charge in [0.15, 0.2) is 5.69 Å². The van der Waals surface area contributed by atoms with E-state index < -0.39 is 23.6 Å². The second-order valence-electron chi connectivity index (χ2n) is 3.91. The Kier molecular flexibility index (Phi) is 3.15. The van der Waals surface area contributed by atoms with Crippen LogP contribution < -0.4 is 5.73 Å². The second-order valence-corrected chi connectivity index (χ2v) is 3.91. The molecule has 0 bridgehead atoms.